The summed E-state index contributed by atoms with van der Waals surface area (Å²) in [7, 11) is 0. The number of nitro groups is 1. The van der Waals surface area contributed by atoms with E-state index in [2.05, 4.69) is 18.7 Å². The third-order valence-corrected chi connectivity index (χ3v) is 4.42. The summed E-state index contributed by atoms with van der Waals surface area (Å²) >= 11 is 0. The second-order valence-electron chi connectivity index (χ2n) is 7.16. The van der Waals surface area contributed by atoms with Gasteiger partial charge in [0.1, 0.15) is 6.10 Å². The van der Waals surface area contributed by atoms with Gasteiger partial charge in [-0.1, -0.05) is 74.5 Å². The molecule has 1 N–H and O–H groups in total. The highest BCUT2D eigenvalue weighted by Gasteiger charge is 2.30. The number of rotatable bonds is 10. The monoisotopic (exact) mass is 356 g/mol. The van der Waals surface area contributed by atoms with E-state index >= 15 is 0 Å². The van der Waals surface area contributed by atoms with E-state index in [9.17, 15) is 15.2 Å². The summed E-state index contributed by atoms with van der Waals surface area (Å²) in [6.07, 6.45) is -0.297. The molecule has 2 rings (SSSR count). The van der Waals surface area contributed by atoms with Crippen LogP contribution in [0.2, 0.25) is 0 Å². The largest absolute Gasteiger partial charge is 0.385 e. The Morgan fingerprint density at radius 3 is 1.81 bits per heavy atom. The number of nitrogens with zero attached hydrogens (tertiary/aromatic N) is 2. The minimum Gasteiger partial charge on any atom is -0.385 e. The van der Waals surface area contributed by atoms with Crippen molar-refractivity contribution in [3.05, 3.63) is 81.9 Å². The van der Waals surface area contributed by atoms with Crippen molar-refractivity contribution < 1.29 is 10.0 Å². The molecule has 2 aromatic rings. The summed E-state index contributed by atoms with van der Waals surface area (Å²) in [4.78, 5) is 12.7. The minimum absolute atomic E-state index is 0.277. The molecule has 0 saturated carbocycles. The van der Waals surface area contributed by atoms with Crippen LogP contribution in [0.4, 0.5) is 0 Å². The molecule has 0 radical (unpaired) electrons. The van der Waals surface area contributed by atoms with Crippen LogP contribution in [0.25, 0.3) is 0 Å². The molecule has 0 saturated heterocycles. The zero-order chi connectivity index (χ0) is 18.9. The minimum atomic E-state index is -1.00. The Balaban J connectivity index is 2.28. The molecular weight excluding hydrogens is 328 g/mol. The fourth-order valence-electron chi connectivity index (χ4n) is 3.23. The van der Waals surface area contributed by atoms with Crippen LogP contribution in [0, 0.1) is 16.0 Å². The van der Waals surface area contributed by atoms with Crippen molar-refractivity contribution in [1.29, 1.82) is 0 Å². The Labute approximate surface area is 155 Å². The molecule has 140 valence electrons. The van der Waals surface area contributed by atoms with E-state index in [1.165, 1.54) is 0 Å². The lowest BCUT2D eigenvalue weighted by atomic mass is 9.96. The van der Waals surface area contributed by atoms with E-state index in [0.717, 1.165) is 11.1 Å². The van der Waals surface area contributed by atoms with Crippen LogP contribution in [0.15, 0.2) is 60.7 Å². The van der Waals surface area contributed by atoms with Gasteiger partial charge in [-0.2, -0.15) is 0 Å². The Kier molecular flexibility index (Phi) is 7.75. The SMILES string of the molecule is CC(C)C[C@@H]([C@H](O)C[N+](=O)[O-])N(Cc1ccccc1)Cc1ccccc1. The molecule has 5 heteroatoms. The van der Waals surface area contributed by atoms with Crippen LogP contribution >= 0.6 is 0 Å². The third-order valence-electron chi connectivity index (χ3n) is 4.42. The number of aliphatic hydroxyl groups is 1. The van der Waals surface area contributed by atoms with Crippen molar-refractivity contribution in [2.75, 3.05) is 6.54 Å². The summed E-state index contributed by atoms with van der Waals surface area (Å²) in [5.41, 5.74) is 2.26. The van der Waals surface area contributed by atoms with Gasteiger partial charge >= 0.3 is 0 Å². The standard InChI is InChI=1S/C21H28N2O3/c1-17(2)13-20(21(24)16-23(25)26)22(14-18-9-5-3-6-10-18)15-19-11-7-4-8-12-19/h3-12,17,20-21,24H,13-16H2,1-2H3/t20-,21+/m0/s1. The van der Waals surface area contributed by atoms with Gasteiger partial charge in [0.15, 0.2) is 0 Å². The fourth-order valence-corrected chi connectivity index (χ4v) is 3.23. The molecule has 2 aromatic carbocycles. The summed E-state index contributed by atoms with van der Waals surface area (Å²) in [6.45, 7) is 5.01. The molecule has 0 unspecified atom stereocenters. The van der Waals surface area contributed by atoms with Crippen molar-refractivity contribution in [2.24, 2.45) is 5.92 Å². The zero-order valence-corrected chi connectivity index (χ0v) is 15.5. The van der Waals surface area contributed by atoms with Crippen LogP contribution in [-0.4, -0.2) is 33.6 Å². The third kappa shape index (κ3) is 6.58. The van der Waals surface area contributed by atoms with Crippen LogP contribution in [0.3, 0.4) is 0 Å². The predicted octanol–water partition coefficient (Wildman–Crippen LogP) is 3.74. The second-order valence-corrected chi connectivity index (χ2v) is 7.16. The first-order chi connectivity index (χ1) is 12.5. The van der Waals surface area contributed by atoms with E-state index in [1.807, 2.05) is 60.7 Å². The average Bonchev–Trinajstić information content (AvgIpc) is 2.60. The van der Waals surface area contributed by atoms with Crippen molar-refractivity contribution in [3.8, 4) is 0 Å². The smallest absolute Gasteiger partial charge is 0.230 e. The molecular formula is C21H28N2O3. The van der Waals surface area contributed by atoms with Gasteiger partial charge in [-0.05, 0) is 23.5 Å². The summed E-state index contributed by atoms with van der Waals surface area (Å²) in [5.74, 6) is 0.329. The van der Waals surface area contributed by atoms with Gasteiger partial charge in [-0.25, -0.2) is 0 Å². The second kappa shape index (κ2) is 10.0. The maximum Gasteiger partial charge on any atom is 0.230 e. The first-order valence-corrected chi connectivity index (χ1v) is 9.07. The van der Waals surface area contributed by atoms with Gasteiger partial charge in [0.25, 0.3) is 0 Å². The van der Waals surface area contributed by atoms with E-state index in [4.69, 9.17) is 0 Å². The maximum absolute atomic E-state index is 11.0. The molecule has 0 aliphatic rings. The molecule has 5 nitrogen and oxygen atoms in total. The number of hydrogen-bond acceptors (Lipinski definition) is 4. The molecule has 0 heterocycles. The van der Waals surface area contributed by atoms with Crippen molar-refractivity contribution in [3.63, 3.8) is 0 Å². The van der Waals surface area contributed by atoms with E-state index < -0.39 is 17.6 Å². The van der Waals surface area contributed by atoms with Gasteiger partial charge in [0.2, 0.25) is 6.54 Å². The van der Waals surface area contributed by atoms with Crippen LogP contribution in [-0.2, 0) is 13.1 Å². The first kappa shape index (κ1) is 20.1. The summed E-state index contributed by atoms with van der Waals surface area (Å²) in [5, 5.41) is 21.5. The van der Waals surface area contributed by atoms with Crippen molar-refractivity contribution in [1.82, 2.24) is 4.90 Å². The molecule has 0 amide bonds. The zero-order valence-electron chi connectivity index (χ0n) is 15.5. The van der Waals surface area contributed by atoms with Gasteiger partial charge in [-0.3, -0.25) is 15.0 Å². The van der Waals surface area contributed by atoms with E-state index in [-0.39, 0.29) is 6.04 Å². The first-order valence-electron chi connectivity index (χ1n) is 9.07. The molecule has 0 bridgehead atoms. The van der Waals surface area contributed by atoms with Gasteiger partial charge < -0.3 is 5.11 Å². The van der Waals surface area contributed by atoms with Gasteiger partial charge in [0.05, 0.1) is 0 Å². The predicted molar refractivity (Wildman–Crippen MR) is 103 cm³/mol. The molecule has 2 atom stereocenters. The van der Waals surface area contributed by atoms with E-state index in [0.29, 0.717) is 25.4 Å². The lowest BCUT2D eigenvalue weighted by molar-refractivity contribution is -0.492. The van der Waals surface area contributed by atoms with Crippen LogP contribution in [0.5, 0.6) is 0 Å². The average molecular weight is 356 g/mol. The van der Waals surface area contributed by atoms with Crippen LogP contribution < -0.4 is 0 Å². The highest BCUT2D eigenvalue weighted by molar-refractivity contribution is 5.17. The lowest BCUT2D eigenvalue weighted by Crippen LogP contribution is -2.46. The Morgan fingerprint density at radius 2 is 1.42 bits per heavy atom. The molecule has 0 aliphatic heterocycles. The molecule has 0 aliphatic carbocycles. The Bertz CT molecular complexity index is 620. The normalized spacial score (nSPS) is 13.7. The number of benzene rings is 2. The molecule has 0 aromatic heterocycles. The topological polar surface area (TPSA) is 66.6 Å². The molecule has 0 fully saturated rings. The number of aliphatic hydroxyl groups excluding tert-OH is 1. The highest BCUT2D eigenvalue weighted by atomic mass is 16.6. The molecule has 0 spiro atoms. The summed E-state index contributed by atoms with van der Waals surface area (Å²) < 4.78 is 0. The highest BCUT2D eigenvalue weighted by Crippen LogP contribution is 2.21. The van der Waals surface area contributed by atoms with E-state index in [1.54, 1.807) is 0 Å². The Hall–Kier alpha value is -2.24. The van der Waals surface area contributed by atoms with Crippen molar-refractivity contribution >= 4 is 0 Å². The Morgan fingerprint density at radius 1 is 0.962 bits per heavy atom. The number of hydrogen-bond donors (Lipinski definition) is 1. The lowest BCUT2D eigenvalue weighted by Gasteiger charge is -2.35. The van der Waals surface area contributed by atoms with Crippen LogP contribution in [0.1, 0.15) is 31.4 Å². The summed E-state index contributed by atoms with van der Waals surface area (Å²) in [6, 6.07) is 19.8. The maximum atomic E-state index is 11.0. The molecule has 26 heavy (non-hydrogen) atoms. The van der Waals surface area contributed by atoms with Gasteiger partial charge in [0, 0.05) is 24.1 Å². The quantitative estimate of drug-likeness (QED) is 0.520. The fraction of sp³-hybridized carbons (Fsp3) is 0.429. The van der Waals surface area contributed by atoms with Crippen molar-refractivity contribution in [2.45, 2.75) is 45.5 Å². The van der Waals surface area contributed by atoms with Gasteiger partial charge in [-0.15, -0.1) is 0 Å².